The molecule has 1 amide bonds. The fraction of sp³-hybridized carbons (Fsp3) is 0.235. The number of hydrogen-bond donors (Lipinski definition) is 2. The van der Waals surface area contributed by atoms with E-state index >= 15 is 0 Å². The van der Waals surface area contributed by atoms with Gasteiger partial charge in [0.1, 0.15) is 0 Å². The van der Waals surface area contributed by atoms with E-state index in [4.69, 9.17) is 5.14 Å². The first-order valence-corrected chi connectivity index (χ1v) is 10.4. The van der Waals surface area contributed by atoms with Crippen LogP contribution in [0.15, 0.2) is 48.5 Å². The Labute approximate surface area is 146 Å². The summed E-state index contributed by atoms with van der Waals surface area (Å²) in [4.78, 5) is 12.1. The predicted octanol–water partition coefficient (Wildman–Crippen LogP) is 2.27. The minimum absolute atomic E-state index is 0.140. The minimum atomic E-state index is -3.53. The summed E-state index contributed by atoms with van der Waals surface area (Å²) in [6.07, 6.45) is 2.04. The molecule has 0 heterocycles. The second kappa shape index (κ2) is 8.32. The van der Waals surface area contributed by atoms with Crippen LogP contribution in [0.5, 0.6) is 0 Å². The second-order valence-corrected chi connectivity index (χ2v) is 7.92. The van der Waals surface area contributed by atoms with Gasteiger partial charge in [-0.15, -0.1) is 0 Å². The van der Waals surface area contributed by atoms with Gasteiger partial charge in [-0.25, -0.2) is 13.6 Å². The normalized spacial score (nSPS) is 11.2. The monoisotopic (exact) mass is 364 g/mol. The molecule has 3 N–H and O–H groups in total. The highest BCUT2D eigenvalue weighted by molar-refractivity contribution is 7.97. The summed E-state index contributed by atoms with van der Waals surface area (Å²) in [5.74, 6) is 0.591. The maximum atomic E-state index is 12.1. The molecule has 0 atom stereocenters. The maximum absolute atomic E-state index is 12.1. The first kappa shape index (κ1) is 18.5. The van der Waals surface area contributed by atoms with Crippen LogP contribution in [0.2, 0.25) is 0 Å². The molecule has 2 aromatic rings. The number of carbonyl (C=O) groups excluding carboxylic acids is 1. The average Bonchev–Trinajstić information content (AvgIpc) is 2.53. The summed E-state index contributed by atoms with van der Waals surface area (Å²) in [5, 5.41) is 7.86. The van der Waals surface area contributed by atoms with Gasteiger partial charge in [-0.1, -0.05) is 36.4 Å². The fourth-order valence-electron chi connectivity index (χ4n) is 2.19. The van der Waals surface area contributed by atoms with Crippen molar-refractivity contribution in [2.75, 3.05) is 6.26 Å². The van der Waals surface area contributed by atoms with Gasteiger partial charge in [0.15, 0.2) is 0 Å². The number of primary sulfonamides is 1. The number of carbonyl (C=O) groups is 1. The van der Waals surface area contributed by atoms with Gasteiger partial charge in [0.2, 0.25) is 10.0 Å². The molecule has 7 heteroatoms. The molecular weight excluding hydrogens is 344 g/mol. The number of sulfonamides is 1. The van der Waals surface area contributed by atoms with Crippen LogP contribution in [0.1, 0.15) is 27.0 Å². The van der Waals surface area contributed by atoms with Crippen LogP contribution in [-0.2, 0) is 28.1 Å². The summed E-state index contributed by atoms with van der Waals surface area (Å²) in [6.45, 7) is 0.376. The van der Waals surface area contributed by atoms with E-state index in [1.807, 2.05) is 30.5 Å². The Morgan fingerprint density at radius 1 is 1.00 bits per heavy atom. The number of amides is 1. The molecule has 2 rings (SSSR count). The summed E-state index contributed by atoms with van der Waals surface area (Å²) in [7, 11) is -3.53. The largest absolute Gasteiger partial charge is 0.348 e. The van der Waals surface area contributed by atoms with Crippen LogP contribution in [0, 0.1) is 0 Å². The lowest BCUT2D eigenvalue weighted by molar-refractivity contribution is 0.0951. The Kier molecular flexibility index (Phi) is 6.42. The molecule has 2 aromatic carbocycles. The zero-order valence-electron chi connectivity index (χ0n) is 13.4. The first-order valence-electron chi connectivity index (χ1n) is 7.32. The average molecular weight is 364 g/mol. The number of nitrogens with two attached hydrogens (primary N) is 1. The van der Waals surface area contributed by atoms with E-state index in [1.165, 1.54) is 5.56 Å². The van der Waals surface area contributed by atoms with Gasteiger partial charge in [0.25, 0.3) is 5.91 Å². The van der Waals surface area contributed by atoms with E-state index in [0.29, 0.717) is 17.7 Å². The maximum Gasteiger partial charge on any atom is 0.251 e. The van der Waals surface area contributed by atoms with Gasteiger partial charge < -0.3 is 5.32 Å². The van der Waals surface area contributed by atoms with E-state index in [0.717, 1.165) is 11.3 Å². The fourth-order valence-corrected chi connectivity index (χ4v) is 3.37. The lowest BCUT2D eigenvalue weighted by Gasteiger charge is -2.07. The van der Waals surface area contributed by atoms with Crippen molar-refractivity contribution in [3.05, 3.63) is 70.8 Å². The molecule has 0 bridgehead atoms. The second-order valence-electron chi connectivity index (χ2n) is 5.44. The van der Waals surface area contributed by atoms with Crippen LogP contribution in [0.3, 0.4) is 0 Å². The molecule has 0 aliphatic heterocycles. The zero-order chi connectivity index (χ0) is 17.6. The SMILES string of the molecule is CSCc1ccc(C(=O)NCc2ccc(CS(N)(=O)=O)cc2)cc1. The van der Waals surface area contributed by atoms with Crippen molar-refractivity contribution in [1.82, 2.24) is 5.32 Å². The van der Waals surface area contributed by atoms with Crippen LogP contribution in [0.25, 0.3) is 0 Å². The lowest BCUT2D eigenvalue weighted by Crippen LogP contribution is -2.22. The van der Waals surface area contributed by atoms with Gasteiger partial charge in [-0.3, -0.25) is 4.79 Å². The molecular formula is C17H20N2O3S2. The van der Waals surface area contributed by atoms with E-state index in [9.17, 15) is 13.2 Å². The van der Waals surface area contributed by atoms with Crippen LogP contribution >= 0.6 is 11.8 Å². The summed E-state index contributed by atoms with van der Waals surface area (Å²) >= 11 is 1.73. The standard InChI is InChI=1S/C17H20N2O3S2/c1-23-11-14-6-8-16(9-7-14)17(20)19-10-13-2-4-15(5-3-13)12-24(18,21)22/h2-9H,10-12H2,1H3,(H,19,20)(H2,18,21,22). The molecule has 128 valence electrons. The van der Waals surface area contributed by atoms with Crippen LogP contribution < -0.4 is 10.5 Å². The highest BCUT2D eigenvalue weighted by Crippen LogP contribution is 2.11. The third-order valence-corrected chi connectivity index (χ3v) is 4.73. The molecule has 0 saturated carbocycles. The predicted molar refractivity (Wildman–Crippen MR) is 98.1 cm³/mol. The molecule has 0 fully saturated rings. The molecule has 0 aliphatic carbocycles. The van der Waals surface area contributed by atoms with Gasteiger partial charge >= 0.3 is 0 Å². The number of benzene rings is 2. The Bertz CT molecular complexity index is 786. The molecule has 24 heavy (non-hydrogen) atoms. The van der Waals surface area contributed by atoms with Crippen molar-refractivity contribution < 1.29 is 13.2 Å². The van der Waals surface area contributed by atoms with Crippen LogP contribution in [0.4, 0.5) is 0 Å². The molecule has 0 radical (unpaired) electrons. The zero-order valence-corrected chi connectivity index (χ0v) is 15.0. The number of nitrogens with one attached hydrogen (secondary N) is 1. The topological polar surface area (TPSA) is 89.3 Å². The van der Waals surface area contributed by atoms with Crippen molar-refractivity contribution in [1.29, 1.82) is 0 Å². The van der Waals surface area contributed by atoms with Gasteiger partial charge in [0, 0.05) is 17.9 Å². The first-order chi connectivity index (χ1) is 11.4. The third-order valence-electron chi connectivity index (χ3n) is 3.37. The van der Waals surface area contributed by atoms with Gasteiger partial charge in [-0.05, 0) is 35.1 Å². The van der Waals surface area contributed by atoms with E-state index in [-0.39, 0.29) is 11.7 Å². The Morgan fingerprint density at radius 3 is 2.08 bits per heavy atom. The summed E-state index contributed by atoms with van der Waals surface area (Å²) in [5.41, 5.74) is 3.31. The highest BCUT2D eigenvalue weighted by atomic mass is 32.2. The van der Waals surface area contributed by atoms with Gasteiger partial charge in [0.05, 0.1) is 5.75 Å². The van der Waals surface area contributed by atoms with Gasteiger partial charge in [-0.2, -0.15) is 11.8 Å². The Hall–Kier alpha value is -1.83. The van der Waals surface area contributed by atoms with Crippen LogP contribution in [-0.4, -0.2) is 20.6 Å². The summed E-state index contributed by atoms with van der Waals surface area (Å²) in [6, 6.07) is 14.5. The molecule has 0 spiro atoms. The lowest BCUT2D eigenvalue weighted by atomic mass is 10.1. The van der Waals surface area contributed by atoms with E-state index in [1.54, 1.807) is 36.0 Å². The van der Waals surface area contributed by atoms with Crippen molar-refractivity contribution >= 4 is 27.7 Å². The molecule has 0 unspecified atom stereocenters. The molecule has 0 aliphatic rings. The molecule has 5 nitrogen and oxygen atoms in total. The van der Waals surface area contributed by atoms with Crippen molar-refractivity contribution in [3.8, 4) is 0 Å². The Morgan fingerprint density at radius 2 is 1.54 bits per heavy atom. The minimum Gasteiger partial charge on any atom is -0.348 e. The molecule has 0 aromatic heterocycles. The van der Waals surface area contributed by atoms with Crippen molar-refractivity contribution in [2.45, 2.75) is 18.1 Å². The summed E-state index contributed by atoms with van der Waals surface area (Å²) < 4.78 is 22.1. The van der Waals surface area contributed by atoms with E-state index in [2.05, 4.69) is 5.32 Å². The Balaban J connectivity index is 1.91. The van der Waals surface area contributed by atoms with Crippen molar-refractivity contribution in [2.24, 2.45) is 5.14 Å². The number of thioether (sulfide) groups is 1. The quantitative estimate of drug-likeness (QED) is 0.789. The third kappa shape index (κ3) is 5.99. The van der Waals surface area contributed by atoms with E-state index < -0.39 is 10.0 Å². The van der Waals surface area contributed by atoms with Crippen molar-refractivity contribution in [3.63, 3.8) is 0 Å². The number of rotatable bonds is 7. The highest BCUT2D eigenvalue weighted by Gasteiger charge is 2.07. The smallest absolute Gasteiger partial charge is 0.251 e. The number of hydrogen-bond acceptors (Lipinski definition) is 4. The molecule has 0 saturated heterocycles.